The smallest absolute Gasteiger partial charge is 0.0897 e. The van der Waals surface area contributed by atoms with Crippen LogP contribution in [0.25, 0.3) is 0 Å². The Morgan fingerprint density at radius 2 is 2.19 bits per heavy atom. The highest BCUT2D eigenvalue weighted by atomic mass is 32.1. The van der Waals surface area contributed by atoms with E-state index in [-0.39, 0.29) is 6.04 Å². The Labute approximate surface area is 103 Å². The molecule has 4 heteroatoms. The third-order valence-corrected chi connectivity index (χ3v) is 3.24. The van der Waals surface area contributed by atoms with Gasteiger partial charge in [-0.2, -0.15) is 0 Å². The van der Waals surface area contributed by atoms with Crippen molar-refractivity contribution in [2.24, 2.45) is 11.7 Å². The number of likely N-dealkylation sites (N-methyl/N-ethyl adjacent to an activating group) is 1. The van der Waals surface area contributed by atoms with Gasteiger partial charge in [-0.15, -0.1) is 11.3 Å². The summed E-state index contributed by atoms with van der Waals surface area (Å²) >= 11 is 1.71. The summed E-state index contributed by atoms with van der Waals surface area (Å²) in [5.41, 5.74) is 7.23. The van der Waals surface area contributed by atoms with Crippen molar-refractivity contribution in [1.29, 1.82) is 0 Å². The first kappa shape index (κ1) is 13.6. The lowest BCUT2D eigenvalue weighted by atomic mass is 10.0. The third-order valence-electron chi connectivity index (χ3n) is 2.42. The van der Waals surface area contributed by atoms with E-state index >= 15 is 0 Å². The average Bonchev–Trinajstić information content (AvgIpc) is 2.48. The van der Waals surface area contributed by atoms with Crippen molar-refractivity contribution in [3.63, 3.8) is 0 Å². The molecule has 0 aliphatic rings. The number of thiazole rings is 1. The molecule has 1 atom stereocenters. The zero-order valence-corrected chi connectivity index (χ0v) is 11.5. The number of hydrogen-bond donors (Lipinski definition) is 1. The molecule has 0 spiro atoms. The number of hydrogen-bond acceptors (Lipinski definition) is 4. The highest BCUT2D eigenvalue weighted by Crippen LogP contribution is 2.10. The zero-order chi connectivity index (χ0) is 12.1. The Kier molecular flexibility index (Phi) is 5.38. The fourth-order valence-corrected chi connectivity index (χ4v) is 2.51. The lowest BCUT2D eigenvalue weighted by Crippen LogP contribution is -2.35. The molecule has 16 heavy (non-hydrogen) atoms. The third kappa shape index (κ3) is 5.05. The second-order valence-corrected chi connectivity index (χ2v) is 6.01. The van der Waals surface area contributed by atoms with Crippen LogP contribution in [0.15, 0.2) is 5.38 Å². The minimum Gasteiger partial charge on any atom is -0.327 e. The quantitative estimate of drug-likeness (QED) is 0.830. The van der Waals surface area contributed by atoms with Gasteiger partial charge in [0.1, 0.15) is 0 Å². The summed E-state index contributed by atoms with van der Waals surface area (Å²) < 4.78 is 0. The van der Waals surface area contributed by atoms with Crippen molar-refractivity contribution in [3.8, 4) is 0 Å². The number of aryl methyl sites for hydroxylation is 1. The standard InChI is InChI=1S/C12H23N3S/c1-9(2)5-11(13)6-15(4)7-12-8-16-10(3)14-12/h8-9,11H,5-7,13H2,1-4H3. The van der Waals surface area contributed by atoms with E-state index in [1.54, 1.807) is 11.3 Å². The van der Waals surface area contributed by atoms with Crippen LogP contribution in [0, 0.1) is 12.8 Å². The summed E-state index contributed by atoms with van der Waals surface area (Å²) in [6.45, 7) is 8.30. The van der Waals surface area contributed by atoms with E-state index in [4.69, 9.17) is 5.73 Å². The Bertz CT molecular complexity index is 309. The molecule has 1 aromatic rings. The lowest BCUT2D eigenvalue weighted by molar-refractivity contribution is 0.284. The molecule has 0 radical (unpaired) electrons. The van der Waals surface area contributed by atoms with E-state index in [2.05, 4.69) is 36.2 Å². The van der Waals surface area contributed by atoms with Crippen molar-refractivity contribution in [2.75, 3.05) is 13.6 Å². The molecule has 0 bridgehead atoms. The summed E-state index contributed by atoms with van der Waals surface area (Å²) in [6, 6.07) is 0.268. The van der Waals surface area contributed by atoms with E-state index < -0.39 is 0 Å². The van der Waals surface area contributed by atoms with Crippen molar-refractivity contribution in [3.05, 3.63) is 16.1 Å². The van der Waals surface area contributed by atoms with Crippen LogP contribution in [0.4, 0.5) is 0 Å². The maximum Gasteiger partial charge on any atom is 0.0897 e. The fraction of sp³-hybridized carbons (Fsp3) is 0.750. The van der Waals surface area contributed by atoms with Gasteiger partial charge in [-0.05, 0) is 26.3 Å². The molecule has 1 rings (SSSR count). The molecule has 0 amide bonds. The summed E-state index contributed by atoms with van der Waals surface area (Å²) in [5, 5.41) is 3.26. The highest BCUT2D eigenvalue weighted by molar-refractivity contribution is 7.09. The minimum absolute atomic E-state index is 0.268. The van der Waals surface area contributed by atoms with Gasteiger partial charge in [0.05, 0.1) is 10.7 Å². The molecule has 1 heterocycles. The summed E-state index contributed by atoms with van der Waals surface area (Å²) in [4.78, 5) is 6.71. The van der Waals surface area contributed by atoms with Gasteiger partial charge in [0.15, 0.2) is 0 Å². The molecular weight excluding hydrogens is 218 g/mol. The van der Waals surface area contributed by atoms with Gasteiger partial charge in [0.25, 0.3) is 0 Å². The van der Waals surface area contributed by atoms with Crippen molar-refractivity contribution >= 4 is 11.3 Å². The van der Waals surface area contributed by atoms with Gasteiger partial charge < -0.3 is 5.73 Å². The van der Waals surface area contributed by atoms with Gasteiger partial charge >= 0.3 is 0 Å². The van der Waals surface area contributed by atoms with E-state index in [0.29, 0.717) is 5.92 Å². The number of rotatable bonds is 6. The minimum atomic E-state index is 0.268. The van der Waals surface area contributed by atoms with Crippen molar-refractivity contribution < 1.29 is 0 Å². The first-order valence-corrected chi connectivity index (χ1v) is 6.70. The first-order valence-electron chi connectivity index (χ1n) is 5.82. The van der Waals surface area contributed by atoms with Crippen molar-refractivity contribution in [2.45, 2.75) is 39.8 Å². The predicted molar refractivity (Wildman–Crippen MR) is 70.6 cm³/mol. The number of nitrogens with zero attached hydrogens (tertiary/aromatic N) is 2. The van der Waals surface area contributed by atoms with Gasteiger partial charge in [-0.25, -0.2) is 4.98 Å². The molecular formula is C12H23N3S. The fourth-order valence-electron chi connectivity index (χ4n) is 1.90. The zero-order valence-electron chi connectivity index (χ0n) is 10.7. The topological polar surface area (TPSA) is 42.2 Å². The number of nitrogens with two attached hydrogens (primary N) is 1. The molecule has 0 saturated carbocycles. The Balaban J connectivity index is 2.32. The molecule has 1 aromatic heterocycles. The molecule has 0 aromatic carbocycles. The molecule has 0 saturated heterocycles. The lowest BCUT2D eigenvalue weighted by Gasteiger charge is -2.21. The monoisotopic (exact) mass is 241 g/mol. The van der Waals surface area contributed by atoms with Crippen LogP contribution in [0.2, 0.25) is 0 Å². The molecule has 1 unspecified atom stereocenters. The van der Waals surface area contributed by atoms with E-state index in [0.717, 1.165) is 30.2 Å². The van der Waals surface area contributed by atoms with Crippen LogP contribution in [-0.4, -0.2) is 29.5 Å². The Morgan fingerprint density at radius 3 is 2.69 bits per heavy atom. The van der Waals surface area contributed by atoms with Gasteiger partial charge in [0.2, 0.25) is 0 Å². The average molecular weight is 241 g/mol. The Hall–Kier alpha value is -0.450. The van der Waals surface area contributed by atoms with E-state index in [1.165, 1.54) is 0 Å². The second-order valence-electron chi connectivity index (χ2n) is 4.94. The van der Waals surface area contributed by atoms with E-state index in [1.807, 2.05) is 6.92 Å². The van der Waals surface area contributed by atoms with Gasteiger partial charge in [-0.3, -0.25) is 4.90 Å². The van der Waals surface area contributed by atoms with Crippen LogP contribution in [0.3, 0.4) is 0 Å². The predicted octanol–water partition coefficient (Wildman–Crippen LogP) is 2.26. The summed E-state index contributed by atoms with van der Waals surface area (Å²) in [7, 11) is 2.11. The van der Waals surface area contributed by atoms with E-state index in [9.17, 15) is 0 Å². The molecule has 2 N–H and O–H groups in total. The van der Waals surface area contributed by atoms with Gasteiger partial charge in [0, 0.05) is 24.5 Å². The van der Waals surface area contributed by atoms with Crippen LogP contribution >= 0.6 is 11.3 Å². The summed E-state index contributed by atoms with van der Waals surface area (Å²) in [6.07, 6.45) is 1.08. The van der Waals surface area contributed by atoms with Crippen molar-refractivity contribution in [1.82, 2.24) is 9.88 Å². The highest BCUT2D eigenvalue weighted by Gasteiger charge is 2.10. The molecule has 92 valence electrons. The van der Waals surface area contributed by atoms with Crippen LogP contribution in [-0.2, 0) is 6.54 Å². The number of aromatic nitrogens is 1. The Morgan fingerprint density at radius 1 is 1.50 bits per heavy atom. The first-order chi connectivity index (χ1) is 7.47. The second kappa shape index (κ2) is 6.33. The van der Waals surface area contributed by atoms with Gasteiger partial charge in [-0.1, -0.05) is 13.8 Å². The molecule has 0 aliphatic carbocycles. The van der Waals surface area contributed by atoms with Crippen LogP contribution in [0.1, 0.15) is 31.0 Å². The SMILES string of the molecule is Cc1nc(CN(C)CC(N)CC(C)C)cs1. The normalized spacial score (nSPS) is 13.7. The maximum absolute atomic E-state index is 6.07. The van der Waals surface area contributed by atoms with Crippen LogP contribution in [0.5, 0.6) is 0 Å². The molecule has 0 aliphatic heterocycles. The molecule has 3 nitrogen and oxygen atoms in total. The largest absolute Gasteiger partial charge is 0.327 e. The maximum atomic E-state index is 6.07. The summed E-state index contributed by atoms with van der Waals surface area (Å²) in [5.74, 6) is 0.671. The molecule has 0 fully saturated rings. The van der Waals surface area contributed by atoms with Crippen LogP contribution < -0.4 is 5.73 Å².